The molecule has 0 heterocycles. The Bertz CT molecular complexity index is 125. The van der Waals surface area contributed by atoms with E-state index in [0.29, 0.717) is 0 Å². The molecule has 0 bridgehead atoms. The summed E-state index contributed by atoms with van der Waals surface area (Å²) in [4.78, 5) is 0. The smallest absolute Gasteiger partial charge is 0.0192 e. The Morgan fingerprint density at radius 1 is 1.07 bits per heavy atom. The molecule has 88 valence electrons. The van der Waals surface area contributed by atoms with E-state index < -0.39 is 0 Å². The van der Waals surface area contributed by atoms with E-state index in [1.54, 1.807) is 0 Å². The van der Waals surface area contributed by atoms with E-state index in [0.717, 1.165) is 12.3 Å². The highest BCUT2D eigenvalue weighted by Gasteiger charge is 2.18. The highest BCUT2D eigenvalue weighted by atomic mass is 35.5. The lowest BCUT2D eigenvalue weighted by Crippen LogP contribution is -2.40. The predicted octanol–water partition coefficient (Wildman–Crippen LogP) is 2.47. The number of hydrogen-bond acceptors (Lipinski definition) is 2. The summed E-state index contributed by atoms with van der Waals surface area (Å²) >= 11 is 0. The highest BCUT2D eigenvalue weighted by molar-refractivity contribution is 5.85. The zero-order valence-corrected chi connectivity index (χ0v) is 10.6. The summed E-state index contributed by atoms with van der Waals surface area (Å²) in [5.41, 5.74) is 11.7. The van der Waals surface area contributed by atoms with Crippen molar-refractivity contribution in [2.24, 2.45) is 17.4 Å². The lowest BCUT2D eigenvalue weighted by Gasteiger charge is -2.26. The summed E-state index contributed by atoms with van der Waals surface area (Å²) in [6.07, 6.45) is 8.11. The maximum atomic E-state index is 5.92. The summed E-state index contributed by atoms with van der Waals surface area (Å²) in [6, 6.07) is 0.375. The monoisotopic (exact) mass is 242 g/mol. The highest BCUT2D eigenvalue weighted by Crippen LogP contribution is 2.27. The van der Waals surface area contributed by atoms with Crippen molar-refractivity contribution in [3.63, 3.8) is 0 Å². The molecule has 0 aromatic carbocycles. The van der Waals surface area contributed by atoms with Gasteiger partial charge in [0.2, 0.25) is 0 Å². The molecule has 2 unspecified atom stereocenters. The van der Waals surface area contributed by atoms with E-state index in [4.69, 9.17) is 11.5 Å². The molecule has 1 fully saturated rings. The molecular formula is C10H24Cl2N2. The van der Waals surface area contributed by atoms with Gasteiger partial charge in [0.1, 0.15) is 0 Å². The Hall–Kier alpha value is 0.500. The third-order valence-corrected chi connectivity index (χ3v) is 3.01. The van der Waals surface area contributed by atoms with Gasteiger partial charge in [-0.1, -0.05) is 32.1 Å². The van der Waals surface area contributed by atoms with Crippen LogP contribution in [0.2, 0.25) is 0 Å². The van der Waals surface area contributed by atoms with Crippen molar-refractivity contribution in [2.75, 3.05) is 0 Å². The summed E-state index contributed by atoms with van der Waals surface area (Å²) in [7, 11) is 0. The average molecular weight is 243 g/mol. The molecule has 0 aromatic heterocycles. The quantitative estimate of drug-likeness (QED) is 0.800. The first-order valence-corrected chi connectivity index (χ1v) is 5.21. The van der Waals surface area contributed by atoms with Crippen molar-refractivity contribution in [3.8, 4) is 0 Å². The fraction of sp³-hybridized carbons (Fsp3) is 1.00. The Morgan fingerprint density at radius 3 is 2.00 bits per heavy atom. The van der Waals surface area contributed by atoms with Gasteiger partial charge in [0.05, 0.1) is 0 Å². The molecule has 1 aliphatic rings. The Labute approximate surface area is 100 Å². The van der Waals surface area contributed by atoms with Crippen molar-refractivity contribution >= 4 is 24.8 Å². The van der Waals surface area contributed by atoms with E-state index in [1.165, 1.54) is 32.1 Å². The molecule has 4 heteroatoms. The molecule has 0 spiro atoms. The first kappa shape index (κ1) is 16.9. The van der Waals surface area contributed by atoms with Crippen LogP contribution in [0.15, 0.2) is 0 Å². The standard InChI is InChI=1S/C10H22N2.2ClH/c1-8(11)10(12)7-9-5-3-2-4-6-9;;/h8-10H,2-7,11-12H2,1H3;2*1H. The molecular weight excluding hydrogens is 219 g/mol. The minimum Gasteiger partial charge on any atom is -0.327 e. The van der Waals surface area contributed by atoms with Crippen LogP contribution in [0.4, 0.5) is 0 Å². The minimum atomic E-state index is 0. The molecule has 0 aromatic rings. The Balaban J connectivity index is 0. The summed E-state index contributed by atoms with van der Waals surface area (Å²) in [6.45, 7) is 2.01. The van der Waals surface area contributed by atoms with Crippen LogP contribution in [0.1, 0.15) is 45.4 Å². The fourth-order valence-corrected chi connectivity index (χ4v) is 2.02. The van der Waals surface area contributed by atoms with Crippen molar-refractivity contribution in [2.45, 2.75) is 57.5 Å². The molecule has 4 N–H and O–H groups in total. The number of hydrogen-bond donors (Lipinski definition) is 2. The minimum absolute atomic E-state index is 0. The molecule has 0 saturated heterocycles. The first-order chi connectivity index (χ1) is 5.70. The summed E-state index contributed by atoms with van der Waals surface area (Å²) < 4.78 is 0. The van der Waals surface area contributed by atoms with Crippen LogP contribution < -0.4 is 11.5 Å². The Morgan fingerprint density at radius 2 is 1.57 bits per heavy atom. The van der Waals surface area contributed by atoms with Crippen LogP contribution in [0.5, 0.6) is 0 Å². The third kappa shape index (κ3) is 6.07. The van der Waals surface area contributed by atoms with Gasteiger partial charge in [0, 0.05) is 12.1 Å². The van der Waals surface area contributed by atoms with Crippen molar-refractivity contribution in [3.05, 3.63) is 0 Å². The molecule has 1 saturated carbocycles. The lowest BCUT2D eigenvalue weighted by atomic mass is 9.84. The first-order valence-electron chi connectivity index (χ1n) is 5.21. The third-order valence-electron chi connectivity index (χ3n) is 3.01. The second-order valence-corrected chi connectivity index (χ2v) is 4.26. The maximum Gasteiger partial charge on any atom is 0.0192 e. The number of halogens is 2. The van der Waals surface area contributed by atoms with Crippen LogP contribution in [0.25, 0.3) is 0 Å². The van der Waals surface area contributed by atoms with E-state index >= 15 is 0 Å². The predicted molar refractivity (Wildman–Crippen MR) is 67.3 cm³/mol. The fourth-order valence-electron chi connectivity index (χ4n) is 2.02. The van der Waals surface area contributed by atoms with Crippen molar-refractivity contribution in [1.29, 1.82) is 0 Å². The summed E-state index contributed by atoms with van der Waals surface area (Å²) in [5, 5.41) is 0. The maximum absolute atomic E-state index is 5.92. The van der Waals surface area contributed by atoms with E-state index in [9.17, 15) is 0 Å². The summed E-state index contributed by atoms with van der Waals surface area (Å²) in [5.74, 6) is 0.861. The van der Waals surface area contributed by atoms with Crippen molar-refractivity contribution < 1.29 is 0 Å². The number of rotatable bonds is 3. The van der Waals surface area contributed by atoms with Crippen LogP contribution in [-0.4, -0.2) is 12.1 Å². The molecule has 0 amide bonds. The van der Waals surface area contributed by atoms with Gasteiger partial charge in [-0.15, -0.1) is 24.8 Å². The molecule has 14 heavy (non-hydrogen) atoms. The normalized spacial score (nSPS) is 21.6. The average Bonchev–Trinajstić information content (AvgIpc) is 2.06. The van der Waals surface area contributed by atoms with E-state index in [1.807, 2.05) is 6.92 Å². The topological polar surface area (TPSA) is 52.0 Å². The number of nitrogens with two attached hydrogens (primary N) is 2. The molecule has 1 rings (SSSR count). The van der Waals surface area contributed by atoms with E-state index in [2.05, 4.69) is 0 Å². The second kappa shape index (κ2) is 8.78. The van der Waals surface area contributed by atoms with Crippen LogP contribution in [0, 0.1) is 5.92 Å². The van der Waals surface area contributed by atoms with Crippen LogP contribution >= 0.6 is 24.8 Å². The van der Waals surface area contributed by atoms with Gasteiger partial charge in [-0.25, -0.2) is 0 Å². The van der Waals surface area contributed by atoms with Gasteiger partial charge in [-0.2, -0.15) is 0 Å². The molecule has 0 aliphatic heterocycles. The molecule has 1 aliphatic carbocycles. The molecule has 0 radical (unpaired) electrons. The van der Waals surface area contributed by atoms with Gasteiger partial charge in [-0.05, 0) is 19.3 Å². The van der Waals surface area contributed by atoms with E-state index in [-0.39, 0.29) is 36.9 Å². The second-order valence-electron chi connectivity index (χ2n) is 4.26. The van der Waals surface area contributed by atoms with Gasteiger partial charge < -0.3 is 11.5 Å². The van der Waals surface area contributed by atoms with Crippen molar-refractivity contribution in [1.82, 2.24) is 0 Å². The van der Waals surface area contributed by atoms with Gasteiger partial charge >= 0.3 is 0 Å². The molecule has 2 nitrogen and oxygen atoms in total. The van der Waals surface area contributed by atoms with Gasteiger partial charge in [0.15, 0.2) is 0 Å². The Kier molecular flexibility index (Phi) is 10.6. The zero-order chi connectivity index (χ0) is 8.97. The largest absolute Gasteiger partial charge is 0.327 e. The van der Waals surface area contributed by atoms with Crippen LogP contribution in [-0.2, 0) is 0 Å². The SMILES string of the molecule is CC(N)C(N)CC1CCCCC1.Cl.Cl. The van der Waals surface area contributed by atoms with Gasteiger partial charge in [-0.3, -0.25) is 0 Å². The van der Waals surface area contributed by atoms with Gasteiger partial charge in [0.25, 0.3) is 0 Å². The van der Waals surface area contributed by atoms with Crippen LogP contribution in [0.3, 0.4) is 0 Å². The zero-order valence-electron chi connectivity index (χ0n) is 8.95. The lowest BCUT2D eigenvalue weighted by molar-refractivity contribution is 0.306. The molecule has 2 atom stereocenters.